The summed E-state index contributed by atoms with van der Waals surface area (Å²) in [6, 6.07) is 7.84. The summed E-state index contributed by atoms with van der Waals surface area (Å²) in [4.78, 5) is 40.9. The molecule has 2 rings (SSSR count). The van der Waals surface area contributed by atoms with Crippen molar-refractivity contribution in [1.82, 2.24) is 20.5 Å². The van der Waals surface area contributed by atoms with Crippen molar-refractivity contribution >= 4 is 34.6 Å². The second kappa shape index (κ2) is 11.3. The molecule has 3 amide bonds. The molecular weight excluding hydrogens is 482 g/mol. The zero-order valence-electron chi connectivity index (χ0n) is 21.9. The van der Waals surface area contributed by atoms with Gasteiger partial charge in [0.05, 0.1) is 5.69 Å². The van der Waals surface area contributed by atoms with Crippen LogP contribution in [0.1, 0.15) is 65.3 Å². The molecule has 0 fully saturated rings. The predicted octanol–water partition coefficient (Wildman–Crippen LogP) is 4.72. The maximum absolute atomic E-state index is 12.3. The Bertz CT molecular complexity index is 1070. The van der Waals surface area contributed by atoms with Crippen molar-refractivity contribution in [3.05, 3.63) is 46.5 Å². The third kappa shape index (κ3) is 7.41. The van der Waals surface area contributed by atoms with Crippen LogP contribution in [0.2, 0.25) is 0 Å². The predicted molar refractivity (Wildman–Crippen MR) is 140 cm³/mol. The Morgan fingerprint density at radius 1 is 0.972 bits per heavy atom. The molecule has 0 saturated heterocycles. The Morgan fingerprint density at radius 3 is 2.03 bits per heavy atom. The normalized spacial score (nSPS) is 13.5. The first-order valence-electron chi connectivity index (χ1n) is 11.6. The SMILES string of the molecule is CC(=O)Nc1nc(CCc2ccc(CNC(NC(=O)O)(N(C(=O)O)C(C)(C)C)C(C)(C)C)cc2)cs1. The van der Waals surface area contributed by atoms with Crippen LogP contribution in [0.25, 0.3) is 0 Å². The number of rotatable bonds is 9. The number of nitrogens with zero attached hydrogens (tertiary/aromatic N) is 2. The van der Waals surface area contributed by atoms with Crippen LogP contribution in [0, 0.1) is 5.41 Å². The van der Waals surface area contributed by atoms with Gasteiger partial charge in [-0.1, -0.05) is 45.0 Å². The quantitative estimate of drug-likeness (QED) is 0.301. The number of carboxylic acid groups (broad SMARTS) is 2. The Balaban J connectivity index is 2.19. The Labute approximate surface area is 216 Å². The number of carbonyl (C=O) groups is 3. The van der Waals surface area contributed by atoms with Gasteiger partial charge in [-0.15, -0.1) is 11.3 Å². The molecule has 0 aliphatic heterocycles. The minimum Gasteiger partial charge on any atom is -0.465 e. The van der Waals surface area contributed by atoms with Crippen LogP contribution in [-0.2, 0) is 24.2 Å². The van der Waals surface area contributed by atoms with Crippen molar-refractivity contribution in [1.29, 1.82) is 0 Å². The van der Waals surface area contributed by atoms with Crippen LogP contribution in [0.3, 0.4) is 0 Å². The topological polar surface area (TPSA) is 144 Å². The van der Waals surface area contributed by atoms with E-state index in [1.807, 2.05) is 29.6 Å². The first-order valence-corrected chi connectivity index (χ1v) is 12.5. The lowest BCUT2D eigenvalue weighted by Gasteiger charge is -2.55. The van der Waals surface area contributed by atoms with Gasteiger partial charge in [0.15, 0.2) is 10.9 Å². The molecule has 1 atom stereocenters. The maximum Gasteiger partial charge on any atom is 0.410 e. The van der Waals surface area contributed by atoms with Gasteiger partial charge in [0.25, 0.3) is 0 Å². The number of hydrogen-bond donors (Lipinski definition) is 5. The second-order valence-electron chi connectivity index (χ2n) is 10.7. The summed E-state index contributed by atoms with van der Waals surface area (Å²) < 4.78 is 0. The molecule has 1 heterocycles. The fourth-order valence-electron chi connectivity index (χ4n) is 4.01. The summed E-state index contributed by atoms with van der Waals surface area (Å²) in [7, 11) is 0. The summed E-state index contributed by atoms with van der Waals surface area (Å²) in [5, 5.41) is 30.6. The molecule has 10 nitrogen and oxygen atoms in total. The number of anilines is 1. The molecule has 0 radical (unpaired) electrons. The third-order valence-electron chi connectivity index (χ3n) is 5.65. The lowest BCUT2D eigenvalue weighted by atomic mass is 9.82. The minimum atomic E-state index is -1.60. The van der Waals surface area contributed by atoms with Gasteiger partial charge in [0.1, 0.15) is 0 Å². The Morgan fingerprint density at radius 2 is 1.56 bits per heavy atom. The molecule has 0 aliphatic carbocycles. The van der Waals surface area contributed by atoms with E-state index in [9.17, 15) is 24.6 Å². The highest BCUT2D eigenvalue weighted by molar-refractivity contribution is 7.13. The van der Waals surface area contributed by atoms with Crippen molar-refractivity contribution in [2.75, 3.05) is 5.32 Å². The molecule has 1 aromatic heterocycles. The van der Waals surface area contributed by atoms with E-state index in [1.54, 1.807) is 41.5 Å². The highest BCUT2D eigenvalue weighted by Gasteiger charge is 2.54. The number of nitrogens with one attached hydrogen (secondary N) is 3. The summed E-state index contributed by atoms with van der Waals surface area (Å²) in [6.45, 7) is 12.2. The molecule has 0 saturated carbocycles. The first-order chi connectivity index (χ1) is 16.5. The van der Waals surface area contributed by atoms with E-state index in [4.69, 9.17) is 0 Å². The van der Waals surface area contributed by atoms with E-state index in [0.29, 0.717) is 5.13 Å². The van der Waals surface area contributed by atoms with Gasteiger partial charge >= 0.3 is 12.2 Å². The largest absolute Gasteiger partial charge is 0.465 e. The summed E-state index contributed by atoms with van der Waals surface area (Å²) in [6.07, 6.45) is -1.08. The number of aromatic nitrogens is 1. The number of benzene rings is 1. The summed E-state index contributed by atoms with van der Waals surface area (Å²) >= 11 is 1.39. The Hall–Kier alpha value is -3.18. The summed E-state index contributed by atoms with van der Waals surface area (Å²) in [5.41, 5.74) is 1.15. The molecule has 0 bridgehead atoms. The van der Waals surface area contributed by atoms with E-state index in [-0.39, 0.29) is 12.5 Å². The molecular formula is C25H37N5O5S. The third-order valence-corrected chi connectivity index (χ3v) is 6.45. The minimum absolute atomic E-state index is 0.150. The van der Waals surface area contributed by atoms with Crippen LogP contribution in [0.5, 0.6) is 0 Å². The molecule has 1 unspecified atom stereocenters. The average Bonchev–Trinajstić information content (AvgIpc) is 3.15. The number of carbonyl (C=O) groups excluding carboxylic acids is 1. The summed E-state index contributed by atoms with van der Waals surface area (Å²) in [5.74, 6) is -1.75. The van der Waals surface area contributed by atoms with Crippen LogP contribution in [-0.4, -0.2) is 49.5 Å². The Kier molecular flexibility index (Phi) is 9.08. The highest BCUT2D eigenvalue weighted by atomic mass is 32.1. The zero-order chi connectivity index (χ0) is 27.3. The number of amides is 3. The average molecular weight is 520 g/mol. The van der Waals surface area contributed by atoms with Gasteiger partial charge in [-0.3, -0.25) is 20.3 Å². The van der Waals surface area contributed by atoms with Crippen molar-refractivity contribution in [2.45, 2.75) is 79.2 Å². The molecule has 5 N–H and O–H groups in total. The molecule has 0 spiro atoms. The number of hydrogen-bond acceptors (Lipinski definition) is 6. The monoisotopic (exact) mass is 519 g/mol. The van der Waals surface area contributed by atoms with E-state index in [2.05, 4.69) is 20.9 Å². The van der Waals surface area contributed by atoms with Crippen molar-refractivity contribution < 1.29 is 24.6 Å². The maximum atomic E-state index is 12.3. The zero-order valence-corrected chi connectivity index (χ0v) is 22.7. The lowest BCUT2D eigenvalue weighted by molar-refractivity contribution is -0.114. The van der Waals surface area contributed by atoms with Crippen molar-refractivity contribution in [3.8, 4) is 0 Å². The van der Waals surface area contributed by atoms with E-state index in [1.165, 1.54) is 18.3 Å². The van der Waals surface area contributed by atoms with Gasteiger partial charge in [-0.2, -0.15) is 0 Å². The van der Waals surface area contributed by atoms with Gasteiger partial charge in [-0.05, 0) is 44.7 Å². The highest BCUT2D eigenvalue weighted by Crippen LogP contribution is 2.36. The molecule has 36 heavy (non-hydrogen) atoms. The van der Waals surface area contributed by atoms with Crippen LogP contribution < -0.4 is 16.0 Å². The number of aryl methyl sites for hydroxylation is 2. The second-order valence-corrected chi connectivity index (χ2v) is 11.5. The van der Waals surface area contributed by atoms with E-state index >= 15 is 0 Å². The van der Waals surface area contributed by atoms with E-state index in [0.717, 1.165) is 34.6 Å². The van der Waals surface area contributed by atoms with Crippen LogP contribution in [0.15, 0.2) is 29.6 Å². The number of thiazole rings is 1. The molecule has 0 aliphatic rings. The van der Waals surface area contributed by atoms with Crippen LogP contribution >= 0.6 is 11.3 Å². The molecule has 198 valence electrons. The van der Waals surface area contributed by atoms with Crippen LogP contribution in [0.4, 0.5) is 14.7 Å². The fourth-order valence-corrected chi connectivity index (χ4v) is 4.80. The van der Waals surface area contributed by atoms with Gasteiger partial charge in [0, 0.05) is 29.8 Å². The smallest absolute Gasteiger partial charge is 0.410 e. The van der Waals surface area contributed by atoms with Crippen molar-refractivity contribution in [2.24, 2.45) is 5.41 Å². The standard InChI is InChI=1S/C25H37N5O5S/c1-16(31)27-20-28-19(15-36-20)13-12-17-8-10-18(11-9-17)14-26-25(23(2,3)4,29-21(32)33)30(22(34)35)24(5,6)7/h8-11,15,26,29H,12-14H2,1-7H3,(H,32,33)(H,34,35)(H,27,28,31). The van der Waals surface area contributed by atoms with Gasteiger partial charge < -0.3 is 15.5 Å². The van der Waals surface area contributed by atoms with Crippen molar-refractivity contribution in [3.63, 3.8) is 0 Å². The molecule has 11 heteroatoms. The fraction of sp³-hybridized carbons (Fsp3) is 0.520. The first kappa shape index (κ1) is 29.1. The molecule has 2 aromatic rings. The molecule has 1 aromatic carbocycles. The van der Waals surface area contributed by atoms with E-state index < -0.39 is 28.9 Å². The van der Waals surface area contributed by atoms with Gasteiger partial charge in [-0.25, -0.2) is 14.6 Å². The van der Waals surface area contributed by atoms with Gasteiger partial charge in [0.2, 0.25) is 5.91 Å². The lowest BCUT2D eigenvalue weighted by Crippen LogP contribution is -2.78.